The van der Waals surface area contributed by atoms with Gasteiger partial charge in [0.1, 0.15) is 0 Å². The van der Waals surface area contributed by atoms with Crippen LogP contribution in [0.1, 0.15) is 34.8 Å². The summed E-state index contributed by atoms with van der Waals surface area (Å²) in [7, 11) is 1.39. The van der Waals surface area contributed by atoms with Crippen LogP contribution in [0.2, 0.25) is 0 Å². The molecule has 0 atom stereocenters. The second-order valence-corrected chi connectivity index (χ2v) is 4.27. The van der Waals surface area contributed by atoms with Crippen LogP contribution in [0.5, 0.6) is 0 Å². The van der Waals surface area contributed by atoms with E-state index in [0.29, 0.717) is 11.5 Å². The van der Waals surface area contributed by atoms with Gasteiger partial charge in [-0.25, -0.2) is 4.79 Å². The maximum atomic E-state index is 11.4. The average Bonchev–Trinajstić information content (AvgIpc) is 3.00. The molecule has 1 aliphatic rings. The fourth-order valence-corrected chi connectivity index (χ4v) is 1.74. The van der Waals surface area contributed by atoms with Gasteiger partial charge in [0.2, 0.25) is 0 Å². The zero-order valence-corrected chi connectivity index (χ0v) is 9.37. The predicted molar refractivity (Wildman–Crippen MR) is 55.3 cm³/mol. The molecule has 1 fully saturated rings. The molecule has 3 nitrogen and oxygen atoms in total. The first kappa shape index (κ1) is 9.65. The van der Waals surface area contributed by atoms with Crippen molar-refractivity contribution in [2.75, 3.05) is 7.11 Å². The number of carbonyl (C=O) groups is 1. The molecule has 0 N–H and O–H groups in total. The minimum Gasteiger partial charge on any atom is -0.465 e. The highest BCUT2D eigenvalue weighted by Crippen LogP contribution is 2.41. The van der Waals surface area contributed by atoms with Gasteiger partial charge in [0, 0.05) is 16.6 Å². The van der Waals surface area contributed by atoms with Gasteiger partial charge in [-0.2, -0.15) is 0 Å². The van der Waals surface area contributed by atoms with Crippen molar-refractivity contribution >= 4 is 21.9 Å². The number of hydrogen-bond donors (Lipinski definition) is 0. The smallest absolute Gasteiger partial charge is 0.339 e. The van der Waals surface area contributed by atoms with Gasteiger partial charge in [-0.1, -0.05) is 0 Å². The second-order valence-electron chi connectivity index (χ2n) is 3.35. The van der Waals surface area contributed by atoms with Gasteiger partial charge in [0.25, 0.3) is 0 Å². The van der Waals surface area contributed by atoms with Crippen LogP contribution in [0.15, 0.2) is 16.7 Å². The number of methoxy groups -OCH3 is 1. The van der Waals surface area contributed by atoms with Crippen molar-refractivity contribution in [2.45, 2.75) is 18.8 Å². The number of carbonyl (C=O) groups excluding carboxylic acids is 1. The molecule has 0 amide bonds. The molecule has 0 bridgehead atoms. The molecule has 0 saturated heterocycles. The Balaban J connectivity index is 2.42. The van der Waals surface area contributed by atoms with Gasteiger partial charge in [-0.05, 0) is 34.8 Å². The van der Waals surface area contributed by atoms with Gasteiger partial charge in [0.15, 0.2) is 0 Å². The Morgan fingerprint density at radius 2 is 2.36 bits per heavy atom. The first-order valence-electron chi connectivity index (χ1n) is 4.46. The summed E-state index contributed by atoms with van der Waals surface area (Å²) in [5.74, 6) is 0.151. The summed E-state index contributed by atoms with van der Waals surface area (Å²) < 4.78 is 5.52. The summed E-state index contributed by atoms with van der Waals surface area (Å²) in [6.45, 7) is 0. The van der Waals surface area contributed by atoms with E-state index in [-0.39, 0.29) is 5.97 Å². The molecule has 74 valence electrons. The summed E-state index contributed by atoms with van der Waals surface area (Å²) in [6.07, 6.45) is 3.97. The highest BCUT2D eigenvalue weighted by atomic mass is 79.9. The Hall–Kier alpha value is -0.900. The van der Waals surface area contributed by atoms with Crippen LogP contribution in [0.4, 0.5) is 0 Å². The molecule has 0 aliphatic heterocycles. The SMILES string of the molecule is COC(=O)c1cc(Br)cnc1C1CC1. The topological polar surface area (TPSA) is 39.2 Å². The molecule has 4 heteroatoms. The lowest BCUT2D eigenvalue weighted by molar-refractivity contribution is 0.0598. The Bertz CT molecular complexity index is 374. The third-order valence-corrected chi connectivity index (χ3v) is 2.69. The van der Waals surface area contributed by atoms with Crippen LogP contribution in [-0.2, 0) is 4.74 Å². The lowest BCUT2D eigenvalue weighted by Gasteiger charge is -2.05. The number of pyridine rings is 1. The summed E-state index contributed by atoms with van der Waals surface area (Å²) >= 11 is 3.29. The van der Waals surface area contributed by atoms with Crippen molar-refractivity contribution in [1.29, 1.82) is 0 Å². The first-order valence-corrected chi connectivity index (χ1v) is 5.25. The van der Waals surface area contributed by atoms with E-state index in [1.807, 2.05) is 0 Å². The summed E-state index contributed by atoms with van der Waals surface area (Å²) in [4.78, 5) is 15.7. The zero-order valence-electron chi connectivity index (χ0n) is 7.79. The number of ether oxygens (including phenoxy) is 1. The molecular weight excluding hydrogens is 246 g/mol. The van der Waals surface area contributed by atoms with Crippen LogP contribution >= 0.6 is 15.9 Å². The molecule has 0 aromatic carbocycles. The van der Waals surface area contributed by atoms with Crippen LogP contribution < -0.4 is 0 Å². The fourth-order valence-electron chi connectivity index (χ4n) is 1.41. The van der Waals surface area contributed by atoms with Crippen LogP contribution in [-0.4, -0.2) is 18.1 Å². The van der Waals surface area contributed by atoms with Crippen molar-refractivity contribution in [3.05, 3.63) is 28.0 Å². The summed E-state index contributed by atoms with van der Waals surface area (Å²) in [6, 6.07) is 1.77. The molecule has 0 spiro atoms. The highest BCUT2D eigenvalue weighted by Gasteiger charge is 2.29. The van der Waals surface area contributed by atoms with E-state index in [0.717, 1.165) is 23.0 Å². The second kappa shape index (κ2) is 3.69. The van der Waals surface area contributed by atoms with Gasteiger partial charge in [-0.15, -0.1) is 0 Å². The first-order chi connectivity index (χ1) is 6.72. The monoisotopic (exact) mass is 255 g/mol. The van der Waals surface area contributed by atoms with Crippen LogP contribution in [0.3, 0.4) is 0 Å². The van der Waals surface area contributed by atoms with Crippen molar-refractivity contribution in [3.63, 3.8) is 0 Å². The third kappa shape index (κ3) is 1.80. The van der Waals surface area contributed by atoms with E-state index in [1.54, 1.807) is 12.3 Å². The zero-order chi connectivity index (χ0) is 10.1. The van der Waals surface area contributed by atoms with Gasteiger partial charge in [-0.3, -0.25) is 4.98 Å². The van der Waals surface area contributed by atoms with E-state index in [4.69, 9.17) is 4.74 Å². The quantitative estimate of drug-likeness (QED) is 0.763. The minimum atomic E-state index is -0.305. The third-order valence-electron chi connectivity index (χ3n) is 2.25. The molecule has 2 rings (SSSR count). The Labute approximate surface area is 90.6 Å². The molecule has 0 radical (unpaired) electrons. The highest BCUT2D eigenvalue weighted by molar-refractivity contribution is 9.10. The van der Waals surface area contributed by atoms with E-state index in [1.165, 1.54) is 7.11 Å². The number of aromatic nitrogens is 1. The molecular formula is C10H10BrNO2. The van der Waals surface area contributed by atoms with E-state index >= 15 is 0 Å². The molecule has 1 aromatic rings. The normalized spacial score (nSPS) is 15.3. The van der Waals surface area contributed by atoms with Gasteiger partial charge >= 0.3 is 5.97 Å². The molecule has 1 heterocycles. The average molecular weight is 256 g/mol. The molecule has 0 unspecified atom stereocenters. The number of halogens is 1. The molecule has 1 saturated carbocycles. The van der Waals surface area contributed by atoms with Crippen molar-refractivity contribution < 1.29 is 9.53 Å². The molecule has 1 aliphatic carbocycles. The van der Waals surface area contributed by atoms with Crippen molar-refractivity contribution in [1.82, 2.24) is 4.98 Å². The number of hydrogen-bond acceptors (Lipinski definition) is 3. The lowest BCUT2D eigenvalue weighted by Crippen LogP contribution is -2.06. The largest absolute Gasteiger partial charge is 0.465 e. The Morgan fingerprint density at radius 1 is 1.64 bits per heavy atom. The number of rotatable bonds is 2. The lowest BCUT2D eigenvalue weighted by atomic mass is 10.1. The van der Waals surface area contributed by atoms with Crippen LogP contribution in [0, 0.1) is 0 Å². The molecule has 14 heavy (non-hydrogen) atoms. The predicted octanol–water partition coefficient (Wildman–Crippen LogP) is 2.51. The van der Waals surface area contributed by atoms with Crippen molar-refractivity contribution in [3.8, 4) is 0 Å². The fraction of sp³-hybridized carbons (Fsp3) is 0.400. The summed E-state index contributed by atoms with van der Waals surface area (Å²) in [5, 5.41) is 0. The Kier molecular flexibility index (Phi) is 2.54. The van der Waals surface area contributed by atoms with E-state index < -0.39 is 0 Å². The maximum Gasteiger partial charge on any atom is 0.339 e. The maximum absolute atomic E-state index is 11.4. The van der Waals surface area contributed by atoms with Gasteiger partial charge in [0.05, 0.1) is 18.4 Å². The van der Waals surface area contributed by atoms with Gasteiger partial charge < -0.3 is 4.74 Å². The van der Waals surface area contributed by atoms with Crippen LogP contribution in [0.25, 0.3) is 0 Å². The number of nitrogens with zero attached hydrogens (tertiary/aromatic N) is 1. The standard InChI is InChI=1S/C10H10BrNO2/c1-14-10(13)8-4-7(11)5-12-9(8)6-2-3-6/h4-6H,2-3H2,1H3. The molecule has 1 aromatic heterocycles. The van der Waals surface area contributed by atoms with E-state index in [2.05, 4.69) is 20.9 Å². The number of esters is 1. The Morgan fingerprint density at radius 3 is 2.93 bits per heavy atom. The summed E-state index contributed by atoms with van der Waals surface area (Å²) in [5.41, 5.74) is 1.46. The van der Waals surface area contributed by atoms with Crippen molar-refractivity contribution in [2.24, 2.45) is 0 Å². The van der Waals surface area contributed by atoms with E-state index in [9.17, 15) is 4.79 Å². The minimum absolute atomic E-state index is 0.305.